The van der Waals surface area contributed by atoms with E-state index in [-0.39, 0.29) is 0 Å². The van der Waals surface area contributed by atoms with Crippen LogP contribution in [0.5, 0.6) is 0 Å². The van der Waals surface area contributed by atoms with Crippen LogP contribution in [0.4, 0.5) is 4.39 Å². The SMILES string of the molecule is N[C@H](c1ccccc1)[C@@H](F)c1ccccc1. The molecule has 0 unspecified atom stereocenters. The number of benzene rings is 2. The molecule has 0 aliphatic carbocycles. The van der Waals surface area contributed by atoms with E-state index in [0.29, 0.717) is 5.56 Å². The Morgan fingerprint density at radius 2 is 1.19 bits per heavy atom. The minimum Gasteiger partial charge on any atom is -0.321 e. The largest absolute Gasteiger partial charge is 0.321 e. The van der Waals surface area contributed by atoms with E-state index in [1.807, 2.05) is 48.5 Å². The Morgan fingerprint density at radius 1 is 0.750 bits per heavy atom. The molecule has 0 bridgehead atoms. The van der Waals surface area contributed by atoms with E-state index in [2.05, 4.69) is 0 Å². The summed E-state index contributed by atoms with van der Waals surface area (Å²) in [4.78, 5) is 0. The maximum Gasteiger partial charge on any atom is 0.144 e. The molecule has 0 fully saturated rings. The Hall–Kier alpha value is -1.67. The second kappa shape index (κ2) is 4.90. The lowest BCUT2D eigenvalue weighted by Crippen LogP contribution is -2.16. The molecule has 2 aromatic rings. The number of halogens is 1. The van der Waals surface area contributed by atoms with Crippen molar-refractivity contribution in [3.63, 3.8) is 0 Å². The van der Waals surface area contributed by atoms with E-state index >= 15 is 0 Å². The molecule has 2 rings (SSSR count). The van der Waals surface area contributed by atoms with E-state index < -0.39 is 12.2 Å². The number of rotatable bonds is 3. The van der Waals surface area contributed by atoms with Gasteiger partial charge < -0.3 is 5.73 Å². The van der Waals surface area contributed by atoms with Crippen molar-refractivity contribution in [3.8, 4) is 0 Å². The molecule has 0 amide bonds. The minimum absolute atomic E-state index is 0.608. The van der Waals surface area contributed by atoms with Crippen molar-refractivity contribution in [3.05, 3.63) is 71.8 Å². The van der Waals surface area contributed by atoms with Crippen LogP contribution in [0.1, 0.15) is 23.3 Å². The fourth-order valence-corrected chi connectivity index (χ4v) is 1.69. The van der Waals surface area contributed by atoms with Gasteiger partial charge in [-0.2, -0.15) is 0 Å². The van der Waals surface area contributed by atoms with Gasteiger partial charge >= 0.3 is 0 Å². The first-order valence-electron chi connectivity index (χ1n) is 5.28. The van der Waals surface area contributed by atoms with Gasteiger partial charge in [-0.15, -0.1) is 0 Å². The Labute approximate surface area is 94.7 Å². The van der Waals surface area contributed by atoms with Gasteiger partial charge in [-0.3, -0.25) is 0 Å². The highest BCUT2D eigenvalue weighted by molar-refractivity contribution is 5.25. The first kappa shape index (κ1) is 10.8. The molecule has 0 radical (unpaired) electrons. The van der Waals surface area contributed by atoms with Crippen LogP contribution in [-0.4, -0.2) is 0 Å². The molecule has 1 nitrogen and oxygen atoms in total. The molecule has 0 saturated heterocycles. The van der Waals surface area contributed by atoms with E-state index in [4.69, 9.17) is 5.73 Å². The topological polar surface area (TPSA) is 26.0 Å². The Kier molecular flexibility index (Phi) is 3.32. The summed E-state index contributed by atoms with van der Waals surface area (Å²) in [7, 11) is 0. The summed E-state index contributed by atoms with van der Waals surface area (Å²) in [5.41, 5.74) is 7.34. The van der Waals surface area contributed by atoms with Gasteiger partial charge in [0.15, 0.2) is 0 Å². The van der Waals surface area contributed by atoms with Crippen LogP contribution in [0.3, 0.4) is 0 Å². The summed E-state index contributed by atoms with van der Waals surface area (Å²) in [5.74, 6) is 0. The second-order valence-electron chi connectivity index (χ2n) is 3.75. The van der Waals surface area contributed by atoms with E-state index in [9.17, 15) is 4.39 Å². The lowest BCUT2D eigenvalue weighted by molar-refractivity contribution is 0.291. The zero-order valence-corrected chi connectivity index (χ0v) is 8.88. The number of hydrogen-bond donors (Lipinski definition) is 1. The van der Waals surface area contributed by atoms with Crippen molar-refractivity contribution in [1.82, 2.24) is 0 Å². The minimum atomic E-state index is -1.16. The normalized spacial score (nSPS) is 14.4. The molecular weight excluding hydrogens is 201 g/mol. The average Bonchev–Trinajstić information content (AvgIpc) is 2.39. The van der Waals surface area contributed by atoms with Gasteiger partial charge in [0.25, 0.3) is 0 Å². The van der Waals surface area contributed by atoms with Gasteiger partial charge in [0.1, 0.15) is 6.17 Å². The van der Waals surface area contributed by atoms with Crippen molar-refractivity contribution in [1.29, 1.82) is 0 Å². The Morgan fingerprint density at radius 3 is 1.69 bits per heavy atom. The number of alkyl halides is 1. The summed E-state index contributed by atoms with van der Waals surface area (Å²) < 4.78 is 14.1. The van der Waals surface area contributed by atoms with Gasteiger partial charge in [-0.25, -0.2) is 4.39 Å². The predicted molar refractivity (Wildman–Crippen MR) is 63.7 cm³/mol. The first-order chi connectivity index (χ1) is 7.79. The highest BCUT2D eigenvalue weighted by Crippen LogP contribution is 2.29. The molecular formula is C14H14FN. The summed E-state index contributed by atoms with van der Waals surface area (Å²) in [6.07, 6.45) is -1.16. The monoisotopic (exact) mass is 215 g/mol. The highest BCUT2D eigenvalue weighted by atomic mass is 19.1. The lowest BCUT2D eigenvalue weighted by Gasteiger charge is -2.17. The van der Waals surface area contributed by atoms with Crippen LogP contribution in [0, 0.1) is 0 Å². The standard InChI is InChI=1S/C14H14FN/c15-13(11-7-3-1-4-8-11)14(16)12-9-5-2-6-10-12/h1-10,13-14H,16H2/t13-,14+/m0/s1. The molecule has 0 aliphatic heterocycles. The van der Waals surface area contributed by atoms with Crippen LogP contribution in [0.25, 0.3) is 0 Å². The molecule has 2 atom stereocenters. The fraction of sp³-hybridized carbons (Fsp3) is 0.143. The predicted octanol–water partition coefficient (Wildman–Crippen LogP) is 3.40. The van der Waals surface area contributed by atoms with Crippen molar-refractivity contribution >= 4 is 0 Å². The zero-order chi connectivity index (χ0) is 11.4. The van der Waals surface area contributed by atoms with E-state index in [0.717, 1.165) is 5.56 Å². The molecule has 0 heterocycles. The van der Waals surface area contributed by atoms with E-state index in [1.54, 1.807) is 12.1 Å². The Bertz CT molecular complexity index is 384. The maximum atomic E-state index is 14.1. The summed E-state index contributed by atoms with van der Waals surface area (Å²) in [6.45, 7) is 0. The van der Waals surface area contributed by atoms with Gasteiger partial charge in [0.05, 0.1) is 6.04 Å². The number of nitrogens with two attached hydrogens (primary N) is 1. The second-order valence-corrected chi connectivity index (χ2v) is 3.75. The van der Waals surface area contributed by atoms with Crippen LogP contribution < -0.4 is 5.73 Å². The summed E-state index contributed by atoms with van der Waals surface area (Å²) in [6, 6.07) is 17.7. The molecule has 0 spiro atoms. The van der Waals surface area contributed by atoms with Gasteiger partial charge in [-0.05, 0) is 11.1 Å². The maximum absolute atomic E-state index is 14.1. The molecule has 0 saturated carbocycles. The smallest absolute Gasteiger partial charge is 0.144 e. The molecule has 2 N–H and O–H groups in total. The quantitative estimate of drug-likeness (QED) is 0.834. The molecule has 2 heteroatoms. The third kappa shape index (κ3) is 2.28. The van der Waals surface area contributed by atoms with Crippen molar-refractivity contribution in [2.45, 2.75) is 12.2 Å². The van der Waals surface area contributed by atoms with Crippen LogP contribution >= 0.6 is 0 Å². The van der Waals surface area contributed by atoms with Gasteiger partial charge in [0.2, 0.25) is 0 Å². The molecule has 2 aromatic carbocycles. The lowest BCUT2D eigenvalue weighted by atomic mass is 9.98. The molecule has 0 aromatic heterocycles. The zero-order valence-electron chi connectivity index (χ0n) is 8.88. The molecule has 0 aliphatic rings. The Balaban J connectivity index is 2.20. The first-order valence-corrected chi connectivity index (χ1v) is 5.28. The third-order valence-electron chi connectivity index (χ3n) is 2.62. The van der Waals surface area contributed by atoms with Crippen LogP contribution in [-0.2, 0) is 0 Å². The fourth-order valence-electron chi connectivity index (χ4n) is 1.69. The van der Waals surface area contributed by atoms with Gasteiger partial charge in [-0.1, -0.05) is 60.7 Å². The van der Waals surface area contributed by atoms with Crippen molar-refractivity contribution < 1.29 is 4.39 Å². The average molecular weight is 215 g/mol. The highest BCUT2D eigenvalue weighted by Gasteiger charge is 2.19. The number of hydrogen-bond acceptors (Lipinski definition) is 1. The van der Waals surface area contributed by atoms with Crippen LogP contribution in [0.15, 0.2) is 60.7 Å². The van der Waals surface area contributed by atoms with Crippen molar-refractivity contribution in [2.75, 3.05) is 0 Å². The molecule has 82 valence electrons. The molecule has 16 heavy (non-hydrogen) atoms. The van der Waals surface area contributed by atoms with Crippen LogP contribution in [0.2, 0.25) is 0 Å². The van der Waals surface area contributed by atoms with Crippen molar-refractivity contribution in [2.24, 2.45) is 5.73 Å². The van der Waals surface area contributed by atoms with E-state index in [1.165, 1.54) is 0 Å². The van der Waals surface area contributed by atoms with Gasteiger partial charge in [0, 0.05) is 0 Å². The third-order valence-corrected chi connectivity index (χ3v) is 2.62. The summed E-state index contributed by atoms with van der Waals surface area (Å²) >= 11 is 0. The summed E-state index contributed by atoms with van der Waals surface area (Å²) in [5, 5.41) is 0.